The number of aromatic nitrogens is 2. The zero-order chi connectivity index (χ0) is 14.8. The summed E-state index contributed by atoms with van der Waals surface area (Å²) >= 11 is 9.52. The van der Waals surface area contributed by atoms with Crippen molar-refractivity contribution in [1.82, 2.24) is 9.55 Å². The largest absolute Gasteiger partial charge is 0.497 e. The Labute approximate surface area is 136 Å². The smallest absolute Gasteiger partial charge is 0.125 e. The van der Waals surface area contributed by atoms with Gasteiger partial charge in [-0.15, -0.1) is 11.6 Å². The Kier molecular flexibility index (Phi) is 4.17. The number of imidazole rings is 1. The van der Waals surface area contributed by atoms with Crippen molar-refractivity contribution in [3.8, 4) is 5.75 Å². The second kappa shape index (κ2) is 6.08. The number of rotatable bonds is 4. The first-order chi connectivity index (χ1) is 10.2. The van der Waals surface area contributed by atoms with Crippen LogP contribution < -0.4 is 4.74 Å². The Bertz CT molecular complexity index is 768. The number of ether oxygens (including phenoxy) is 1. The summed E-state index contributed by atoms with van der Waals surface area (Å²) in [4.78, 5) is 4.60. The van der Waals surface area contributed by atoms with Crippen LogP contribution in [0.1, 0.15) is 11.4 Å². The van der Waals surface area contributed by atoms with Crippen LogP contribution in [-0.2, 0) is 12.4 Å². The first-order valence-corrected chi connectivity index (χ1v) is 7.87. The van der Waals surface area contributed by atoms with Gasteiger partial charge in [0.2, 0.25) is 0 Å². The Morgan fingerprint density at radius 1 is 1.19 bits per heavy atom. The molecule has 0 saturated carbocycles. The van der Waals surface area contributed by atoms with Gasteiger partial charge in [0.25, 0.3) is 0 Å². The summed E-state index contributed by atoms with van der Waals surface area (Å²) in [6, 6.07) is 14.1. The lowest BCUT2D eigenvalue weighted by molar-refractivity contribution is 0.414. The summed E-state index contributed by atoms with van der Waals surface area (Å²) in [6.45, 7) is 0.740. The lowest BCUT2D eigenvalue weighted by Gasteiger charge is -2.09. The van der Waals surface area contributed by atoms with Crippen molar-refractivity contribution < 1.29 is 4.74 Å². The maximum absolute atomic E-state index is 6.04. The van der Waals surface area contributed by atoms with Crippen LogP contribution in [0.15, 0.2) is 46.9 Å². The quantitative estimate of drug-likeness (QED) is 0.632. The van der Waals surface area contributed by atoms with Gasteiger partial charge in [-0.25, -0.2) is 4.98 Å². The molecule has 3 aromatic rings. The Morgan fingerprint density at radius 2 is 1.95 bits per heavy atom. The molecule has 3 nitrogen and oxygen atoms in total. The van der Waals surface area contributed by atoms with Crippen LogP contribution in [0, 0.1) is 0 Å². The molecule has 0 spiro atoms. The molecule has 0 fully saturated rings. The molecule has 0 unspecified atom stereocenters. The molecule has 5 heteroatoms. The minimum absolute atomic E-state index is 0.391. The van der Waals surface area contributed by atoms with Crippen molar-refractivity contribution in [2.24, 2.45) is 0 Å². The normalized spacial score (nSPS) is 11.0. The van der Waals surface area contributed by atoms with Gasteiger partial charge in [-0.1, -0.05) is 28.1 Å². The molecule has 2 aromatic carbocycles. The number of hydrogen-bond donors (Lipinski definition) is 0. The Hall–Kier alpha value is -1.52. The highest BCUT2D eigenvalue weighted by molar-refractivity contribution is 9.10. The van der Waals surface area contributed by atoms with E-state index in [0.717, 1.165) is 33.6 Å². The van der Waals surface area contributed by atoms with E-state index in [1.165, 1.54) is 5.56 Å². The second-order valence-electron chi connectivity index (χ2n) is 4.73. The molecule has 0 aliphatic heterocycles. The van der Waals surface area contributed by atoms with E-state index >= 15 is 0 Å². The maximum atomic E-state index is 6.04. The lowest BCUT2D eigenvalue weighted by atomic mass is 10.2. The van der Waals surface area contributed by atoms with E-state index in [1.807, 2.05) is 24.3 Å². The molecule has 0 aliphatic rings. The number of fused-ring (bicyclic) bond motifs is 1. The van der Waals surface area contributed by atoms with Gasteiger partial charge in [-0.3, -0.25) is 0 Å². The minimum atomic E-state index is 0.391. The predicted molar refractivity (Wildman–Crippen MR) is 89.1 cm³/mol. The van der Waals surface area contributed by atoms with E-state index in [9.17, 15) is 0 Å². The van der Waals surface area contributed by atoms with Crippen LogP contribution in [0.4, 0.5) is 0 Å². The summed E-state index contributed by atoms with van der Waals surface area (Å²) in [5.74, 6) is 2.12. The fraction of sp³-hybridized carbons (Fsp3) is 0.188. The van der Waals surface area contributed by atoms with Crippen LogP contribution in [0.2, 0.25) is 0 Å². The molecule has 0 amide bonds. The van der Waals surface area contributed by atoms with Crippen molar-refractivity contribution in [1.29, 1.82) is 0 Å². The van der Waals surface area contributed by atoms with Gasteiger partial charge in [-0.05, 0) is 35.9 Å². The molecule has 0 aliphatic carbocycles. The number of benzene rings is 2. The highest BCUT2D eigenvalue weighted by Crippen LogP contribution is 2.23. The molecule has 0 saturated heterocycles. The van der Waals surface area contributed by atoms with Crippen LogP contribution in [0.3, 0.4) is 0 Å². The van der Waals surface area contributed by atoms with Gasteiger partial charge < -0.3 is 9.30 Å². The zero-order valence-electron chi connectivity index (χ0n) is 11.5. The van der Waals surface area contributed by atoms with Crippen LogP contribution in [0.5, 0.6) is 5.75 Å². The third kappa shape index (κ3) is 2.92. The monoisotopic (exact) mass is 364 g/mol. The summed E-state index contributed by atoms with van der Waals surface area (Å²) < 4.78 is 8.36. The molecule has 0 N–H and O–H groups in total. The van der Waals surface area contributed by atoms with Gasteiger partial charge in [0, 0.05) is 11.0 Å². The Morgan fingerprint density at radius 3 is 2.62 bits per heavy atom. The van der Waals surface area contributed by atoms with E-state index in [-0.39, 0.29) is 0 Å². The molecule has 108 valence electrons. The van der Waals surface area contributed by atoms with Gasteiger partial charge in [-0.2, -0.15) is 0 Å². The lowest BCUT2D eigenvalue weighted by Crippen LogP contribution is -2.03. The van der Waals surface area contributed by atoms with E-state index in [0.29, 0.717) is 5.88 Å². The molecule has 1 aromatic heterocycles. The fourth-order valence-electron chi connectivity index (χ4n) is 2.34. The maximum Gasteiger partial charge on any atom is 0.125 e. The molecule has 0 bridgehead atoms. The number of alkyl halides is 1. The third-order valence-corrected chi connectivity index (χ3v) is 4.14. The molecular formula is C16H14BrClN2O. The van der Waals surface area contributed by atoms with E-state index in [1.54, 1.807) is 7.11 Å². The highest BCUT2D eigenvalue weighted by atomic mass is 79.9. The van der Waals surface area contributed by atoms with Gasteiger partial charge in [0.05, 0.1) is 24.0 Å². The predicted octanol–water partition coefficient (Wildman–Crippen LogP) is 4.59. The van der Waals surface area contributed by atoms with Gasteiger partial charge >= 0.3 is 0 Å². The molecule has 3 rings (SSSR count). The first-order valence-electron chi connectivity index (χ1n) is 6.55. The summed E-state index contributed by atoms with van der Waals surface area (Å²) in [5, 5.41) is 0. The summed E-state index contributed by atoms with van der Waals surface area (Å²) in [7, 11) is 1.67. The average molecular weight is 366 g/mol. The second-order valence-corrected chi connectivity index (χ2v) is 5.91. The van der Waals surface area contributed by atoms with Crippen molar-refractivity contribution in [2.45, 2.75) is 12.4 Å². The zero-order valence-corrected chi connectivity index (χ0v) is 13.9. The molecule has 0 atom stereocenters. The average Bonchev–Trinajstić information content (AvgIpc) is 2.85. The first kappa shape index (κ1) is 14.4. The van der Waals surface area contributed by atoms with E-state index in [4.69, 9.17) is 16.3 Å². The minimum Gasteiger partial charge on any atom is -0.497 e. The third-order valence-electron chi connectivity index (χ3n) is 3.41. The summed E-state index contributed by atoms with van der Waals surface area (Å²) in [6.07, 6.45) is 0. The van der Waals surface area contributed by atoms with Gasteiger partial charge in [0.1, 0.15) is 11.6 Å². The molecule has 1 heterocycles. The highest BCUT2D eigenvalue weighted by Gasteiger charge is 2.10. The van der Waals surface area contributed by atoms with Crippen LogP contribution in [-0.4, -0.2) is 16.7 Å². The standard InChI is InChI=1S/C16H14BrClN2O/c1-21-13-5-2-11(3-6-13)10-20-15-7-4-12(17)8-14(15)19-16(20)9-18/h2-8H,9-10H2,1H3. The topological polar surface area (TPSA) is 27.1 Å². The SMILES string of the molecule is COc1ccc(Cn2c(CCl)nc3cc(Br)ccc32)cc1. The number of hydrogen-bond acceptors (Lipinski definition) is 2. The number of methoxy groups -OCH3 is 1. The fourth-order valence-corrected chi connectivity index (χ4v) is 2.90. The van der Waals surface area contributed by atoms with Crippen LogP contribution >= 0.6 is 27.5 Å². The molecule has 0 radical (unpaired) electrons. The molecular weight excluding hydrogens is 352 g/mol. The summed E-state index contributed by atoms with van der Waals surface area (Å²) in [5.41, 5.74) is 3.22. The van der Waals surface area contributed by atoms with E-state index < -0.39 is 0 Å². The van der Waals surface area contributed by atoms with Crippen molar-refractivity contribution in [2.75, 3.05) is 7.11 Å². The van der Waals surface area contributed by atoms with E-state index in [2.05, 4.69) is 43.7 Å². The Balaban J connectivity index is 2.01. The van der Waals surface area contributed by atoms with Crippen molar-refractivity contribution in [3.05, 3.63) is 58.3 Å². The molecule has 21 heavy (non-hydrogen) atoms. The number of nitrogens with zero attached hydrogens (tertiary/aromatic N) is 2. The van der Waals surface area contributed by atoms with Crippen molar-refractivity contribution >= 4 is 38.6 Å². The van der Waals surface area contributed by atoms with Crippen molar-refractivity contribution in [3.63, 3.8) is 0 Å². The number of halogens is 2. The van der Waals surface area contributed by atoms with Crippen LogP contribution in [0.25, 0.3) is 11.0 Å². The van der Waals surface area contributed by atoms with Gasteiger partial charge in [0.15, 0.2) is 0 Å².